The van der Waals surface area contributed by atoms with Gasteiger partial charge in [0.25, 0.3) is 5.56 Å². The van der Waals surface area contributed by atoms with Crippen LogP contribution in [0.15, 0.2) is 15.5 Å². The molecule has 0 saturated heterocycles. The van der Waals surface area contributed by atoms with E-state index < -0.39 is 0 Å². The van der Waals surface area contributed by atoms with Crippen molar-refractivity contribution in [3.8, 4) is 0 Å². The second kappa shape index (κ2) is 5.84. The molecule has 1 aliphatic carbocycles. The number of aryl methyl sites for hydroxylation is 1. The Hall–Kier alpha value is -0.880. The third kappa shape index (κ3) is 2.75. The molecule has 0 spiro atoms. The maximum absolute atomic E-state index is 11.7. The summed E-state index contributed by atoms with van der Waals surface area (Å²) in [4.78, 5) is 11.7. The lowest BCUT2D eigenvalue weighted by molar-refractivity contribution is 0.178. The number of rotatable bonds is 3. The minimum absolute atomic E-state index is 0.156. The Kier molecular flexibility index (Phi) is 4.40. The van der Waals surface area contributed by atoms with Crippen LogP contribution >= 0.6 is 15.9 Å². The van der Waals surface area contributed by atoms with Gasteiger partial charge in [0.05, 0.1) is 11.9 Å². The van der Waals surface area contributed by atoms with Crippen LogP contribution in [0.5, 0.6) is 0 Å². The van der Waals surface area contributed by atoms with Crippen LogP contribution < -0.4 is 10.9 Å². The number of nitrogens with zero attached hydrogens (tertiary/aromatic N) is 2. The summed E-state index contributed by atoms with van der Waals surface area (Å²) in [6.45, 7) is 0.188. The molecular formula is C12H18BrN3O2. The lowest BCUT2D eigenvalue weighted by Crippen LogP contribution is -2.35. The number of hydrogen-bond donors (Lipinski definition) is 2. The molecule has 2 atom stereocenters. The maximum atomic E-state index is 11.7. The molecule has 0 aliphatic heterocycles. The smallest absolute Gasteiger partial charge is 0.282 e. The first-order valence-electron chi connectivity index (χ1n) is 6.22. The number of aliphatic hydroxyl groups is 1. The van der Waals surface area contributed by atoms with E-state index in [1.165, 1.54) is 11.1 Å². The Balaban J connectivity index is 2.18. The quantitative estimate of drug-likeness (QED) is 0.887. The Bertz CT molecular complexity index is 475. The number of anilines is 1. The van der Waals surface area contributed by atoms with Gasteiger partial charge >= 0.3 is 0 Å². The summed E-state index contributed by atoms with van der Waals surface area (Å²) in [5, 5.41) is 16.7. The molecule has 2 N–H and O–H groups in total. The van der Waals surface area contributed by atoms with Gasteiger partial charge < -0.3 is 10.4 Å². The number of halogens is 1. The molecular weight excluding hydrogens is 298 g/mol. The number of nitrogens with one attached hydrogen (secondary N) is 1. The van der Waals surface area contributed by atoms with Crippen molar-refractivity contribution in [3.63, 3.8) is 0 Å². The summed E-state index contributed by atoms with van der Waals surface area (Å²) in [5.74, 6) is 0.259. The van der Waals surface area contributed by atoms with Gasteiger partial charge in [0.15, 0.2) is 0 Å². The standard InChI is InChI=1S/C12H18BrN3O2/c1-16-12(18)11(13)10(6-14-16)15-9-5-3-2-4-8(9)7-17/h6,8-9,15,17H,2-5,7H2,1H3/t8-,9-/m0/s1. The molecule has 0 radical (unpaired) electrons. The molecule has 6 heteroatoms. The van der Waals surface area contributed by atoms with E-state index in [1.807, 2.05) is 0 Å². The third-order valence-corrected chi connectivity index (χ3v) is 4.33. The average Bonchev–Trinajstić information content (AvgIpc) is 2.40. The highest BCUT2D eigenvalue weighted by atomic mass is 79.9. The van der Waals surface area contributed by atoms with E-state index in [9.17, 15) is 9.90 Å². The zero-order valence-electron chi connectivity index (χ0n) is 10.4. The molecule has 100 valence electrons. The molecule has 0 aromatic carbocycles. The number of aliphatic hydroxyl groups excluding tert-OH is 1. The number of aromatic nitrogens is 2. The Labute approximate surface area is 114 Å². The highest BCUT2D eigenvalue weighted by molar-refractivity contribution is 9.10. The van der Waals surface area contributed by atoms with E-state index >= 15 is 0 Å². The molecule has 1 aliphatic rings. The first-order chi connectivity index (χ1) is 8.63. The van der Waals surface area contributed by atoms with Crippen LogP contribution in [0, 0.1) is 5.92 Å². The first-order valence-corrected chi connectivity index (χ1v) is 7.02. The average molecular weight is 316 g/mol. The van der Waals surface area contributed by atoms with Gasteiger partial charge in [0.1, 0.15) is 4.47 Å². The van der Waals surface area contributed by atoms with Crippen molar-refractivity contribution in [1.29, 1.82) is 0 Å². The normalized spacial score (nSPS) is 23.9. The predicted molar refractivity (Wildman–Crippen MR) is 73.6 cm³/mol. The molecule has 1 aromatic heterocycles. The van der Waals surface area contributed by atoms with E-state index in [4.69, 9.17) is 0 Å². The van der Waals surface area contributed by atoms with E-state index in [-0.39, 0.29) is 24.1 Å². The minimum Gasteiger partial charge on any atom is -0.396 e. The van der Waals surface area contributed by atoms with Crippen molar-refractivity contribution in [2.75, 3.05) is 11.9 Å². The van der Waals surface area contributed by atoms with Crippen LogP contribution in [-0.4, -0.2) is 27.5 Å². The zero-order valence-corrected chi connectivity index (χ0v) is 12.0. The van der Waals surface area contributed by atoms with Crippen molar-refractivity contribution < 1.29 is 5.11 Å². The third-order valence-electron chi connectivity index (χ3n) is 3.56. The summed E-state index contributed by atoms with van der Waals surface area (Å²) in [6.07, 6.45) is 6.02. The van der Waals surface area contributed by atoms with Crippen LogP contribution in [0.25, 0.3) is 0 Å². The van der Waals surface area contributed by atoms with E-state index in [1.54, 1.807) is 13.2 Å². The van der Waals surface area contributed by atoms with Crippen molar-refractivity contribution >= 4 is 21.6 Å². The predicted octanol–water partition coefficient (Wildman–Crippen LogP) is 1.51. The number of hydrogen-bond acceptors (Lipinski definition) is 4. The summed E-state index contributed by atoms with van der Waals surface area (Å²) in [7, 11) is 1.62. The van der Waals surface area contributed by atoms with Gasteiger partial charge in [-0.25, -0.2) is 4.68 Å². The van der Waals surface area contributed by atoms with Gasteiger partial charge in [-0.15, -0.1) is 0 Å². The topological polar surface area (TPSA) is 67.2 Å². The van der Waals surface area contributed by atoms with Crippen LogP contribution in [-0.2, 0) is 7.05 Å². The zero-order chi connectivity index (χ0) is 13.1. The highest BCUT2D eigenvalue weighted by Gasteiger charge is 2.25. The molecule has 1 heterocycles. The highest BCUT2D eigenvalue weighted by Crippen LogP contribution is 2.28. The second-order valence-corrected chi connectivity index (χ2v) is 5.57. The molecule has 1 fully saturated rings. The van der Waals surface area contributed by atoms with Gasteiger partial charge in [0, 0.05) is 25.6 Å². The SMILES string of the molecule is Cn1ncc(N[C@H]2CCCC[C@H]2CO)c(Br)c1=O. The Morgan fingerprint density at radius 3 is 3.00 bits per heavy atom. The van der Waals surface area contributed by atoms with Gasteiger partial charge in [-0.05, 0) is 28.8 Å². The lowest BCUT2D eigenvalue weighted by atomic mass is 9.85. The Morgan fingerprint density at radius 2 is 2.28 bits per heavy atom. The fourth-order valence-electron chi connectivity index (χ4n) is 2.43. The van der Waals surface area contributed by atoms with Gasteiger partial charge in [-0.1, -0.05) is 12.8 Å². The molecule has 0 bridgehead atoms. The van der Waals surface area contributed by atoms with Crippen molar-refractivity contribution in [2.24, 2.45) is 13.0 Å². The van der Waals surface area contributed by atoms with Crippen LogP contribution in [0.4, 0.5) is 5.69 Å². The van der Waals surface area contributed by atoms with Crippen LogP contribution in [0.3, 0.4) is 0 Å². The van der Waals surface area contributed by atoms with Crippen molar-refractivity contribution in [1.82, 2.24) is 9.78 Å². The molecule has 5 nitrogen and oxygen atoms in total. The molecule has 1 aromatic rings. The summed E-state index contributed by atoms with van der Waals surface area (Å²) in [6, 6.07) is 0.217. The first kappa shape index (κ1) is 13.5. The van der Waals surface area contributed by atoms with Crippen molar-refractivity contribution in [2.45, 2.75) is 31.7 Å². The largest absolute Gasteiger partial charge is 0.396 e. The van der Waals surface area contributed by atoms with Gasteiger partial charge in [-0.2, -0.15) is 5.10 Å². The summed E-state index contributed by atoms with van der Waals surface area (Å²) in [5.41, 5.74) is 0.555. The summed E-state index contributed by atoms with van der Waals surface area (Å²) < 4.78 is 1.79. The fourth-order valence-corrected chi connectivity index (χ4v) is 2.90. The molecule has 1 saturated carbocycles. The van der Waals surface area contributed by atoms with Gasteiger partial charge in [0.2, 0.25) is 0 Å². The van der Waals surface area contributed by atoms with Crippen LogP contribution in [0.1, 0.15) is 25.7 Å². The van der Waals surface area contributed by atoms with E-state index in [2.05, 4.69) is 26.3 Å². The molecule has 0 unspecified atom stereocenters. The van der Waals surface area contributed by atoms with Crippen LogP contribution in [0.2, 0.25) is 0 Å². The molecule has 18 heavy (non-hydrogen) atoms. The van der Waals surface area contributed by atoms with Crippen molar-refractivity contribution in [3.05, 3.63) is 21.0 Å². The molecule has 2 rings (SSSR count). The van der Waals surface area contributed by atoms with Gasteiger partial charge in [-0.3, -0.25) is 4.79 Å². The second-order valence-electron chi connectivity index (χ2n) is 4.78. The van der Waals surface area contributed by atoms with E-state index in [0.717, 1.165) is 19.3 Å². The monoisotopic (exact) mass is 315 g/mol. The maximum Gasteiger partial charge on any atom is 0.282 e. The Morgan fingerprint density at radius 1 is 1.56 bits per heavy atom. The lowest BCUT2D eigenvalue weighted by Gasteiger charge is -2.31. The minimum atomic E-state index is -0.156. The summed E-state index contributed by atoms with van der Waals surface area (Å²) >= 11 is 3.30. The van der Waals surface area contributed by atoms with E-state index in [0.29, 0.717) is 10.2 Å². The fraction of sp³-hybridized carbons (Fsp3) is 0.667. The molecule has 0 amide bonds.